The Morgan fingerprint density at radius 1 is 1.32 bits per heavy atom. The molecule has 0 amide bonds. The summed E-state index contributed by atoms with van der Waals surface area (Å²) in [4.78, 5) is 13.2. The van der Waals surface area contributed by atoms with E-state index in [4.69, 9.17) is 5.11 Å². The van der Waals surface area contributed by atoms with Gasteiger partial charge in [-0.3, -0.25) is 9.69 Å². The topological polar surface area (TPSA) is 40.5 Å². The van der Waals surface area contributed by atoms with Crippen molar-refractivity contribution in [2.24, 2.45) is 0 Å². The van der Waals surface area contributed by atoms with E-state index in [-0.39, 0.29) is 6.54 Å². The van der Waals surface area contributed by atoms with E-state index in [1.807, 2.05) is 0 Å². The van der Waals surface area contributed by atoms with Gasteiger partial charge in [0.05, 0.1) is 6.54 Å². The maximum Gasteiger partial charge on any atom is 0.317 e. The summed E-state index contributed by atoms with van der Waals surface area (Å²) in [7, 11) is 0. The third kappa shape index (κ3) is 3.80. The Morgan fingerprint density at radius 3 is 2.58 bits per heavy atom. The first-order chi connectivity index (χ1) is 9.06. The molecule has 104 valence electrons. The maximum absolute atomic E-state index is 11.1. The average molecular weight is 261 g/mol. The van der Waals surface area contributed by atoms with Crippen molar-refractivity contribution in [1.29, 1.82) is 0 Å². The number of carbonyl (C=O) groups is 1. The Kier molecular flexibility index (Phi) is 4.59. The highest BCUT2D eigenvalue weighted by Crippen LogP contribution is 2.25. The van der Waals surface area contributed by atoms with Crippen LogP contribution in [0, 0.1) is 13.8 Å². The lowest BCUT2D eigenvalue weighted by molar-refractivity contribution is -0.139. The van der Waals surface area contributed by atoms with Crippen molar-refractivity contribution < 1.29 is 9.90 Å². The van der Waals surface area contributed by atoms with E-state index < -0.39 is 5.97 Å². The number of carboxylic acid groups (broad SMARTS) is 1. The summed E-state index contributed by atoms with van der Waals surface area (Å²) in [6.07, 6.45) is 4.73. The molecule has 1 N–H and O–H groups in total. The fourth-order valence-electron chi connectivity index (χ4n) is 3.00. The lowest BCUT2D eigenvalue weighted by Gasteiger charge is -2.27. The van der Waals surface area contributed by atoms with Crippen LogP contribution in [-0.2, 0) is 11.3 Å². The number of benzene rings is 1. The van der Waals surface area contributed by atoms with E-state index in [1.54, 1.807) is 0 Å². The summed E-state index contributed by atoms with van der Waals surface area (Å²) in [5.74, 6) is -0.725. The molecule has 0 atom stereocenters. The highest BCUT2D eigenvalue weighted by atomic mass is 16.4. The summed E-state index contributed by atoms with van der Waals surface area (Å²) in [6.45, 7) is 5.10. The molecular formula is C16H23NO2. The van der Waals surface area contributed by atoms with Crippen LogP contribution < -0.4 is 0 Å². The van der Waals surface area contributed by atoms with E-state index in [9.17, 15) is 4.79 Å². The molecular weight excluding hydrogens is 238 g/mol. The number of hydrogen-bond acceptors (Lipinski definition) is 2. The second-order valence-corrected chi connectivity index (χ2v) is 5.67. The highest BCUT2D eigenvalue weighted by Gasteiger charge is 2.24. The van der Waals surface area contributed by atoms with Gasteiger partial charge in [0.2, 0.25) is 0 Å². The first-order valence-corrected chi connectivity index (χ1v) is 7.08. The summed E-state index contributed by atoms with van der Waals surface area (Å²) in [6, 6.07) is 6.85. The first-order valence-electron chi connectivity index (χ1n) is 7.08. The van der Waals surface area contributed by atoms with Gasteiger partial charge in [0.15, 0.2) is 0 Å². The van der Waals surface area contributed by atoms with Crippen molar-refractivity contribution in [2.45, 2.75) is 52.1 Å². The molecule has 0 spiro atoms. The van der Waals surface area contributed by atoms with Crippen LogP contribution in [0.2, 0.25) is 0 Å². The zero-order valence-corrected chi connectivity index (χ0v) is 11.9. The molecule has 3 nitrogen and oxygen atoms in total. The molecule has 2 rings (SSSR count). The summed E-state index contributed by atoms with van der Waals surface area (Å²) >= 11 is 0. The van der Waals surface area contributed by atoms with Crippen LogP contribution in [0.3, 0.4) is 0 Å². The largest absolute Gasteiger partial charge is 0.480 e. The SMILES string of the molecule is Cc1ccc(CN(CC(=O)O)C2CCCC2)c(C)c1. The Balaban J connectivity index is 2.12. The first kappa shape index (κ1) is 14.1. The normalized spacial score (nSPS) is 16.2. The molecule has 1 aromatic rings. The van der Waals surface area contributed by atoms with Crippen molar-refractivity contribution in [3.63, 3.8) is 0 Å². The van der Waals surface area contributed by atoms with E-state index in [2.05, 4.69) is 36.9 Å². The van der Waals surface area contributed by atoms with Gasteiger partial charge in [-0.05, 0) is 37.8 Å². The quantitative estimate of drug-likeness (QED) is 0.885. The Labute approximate surface area is 115 Å². The molecule has 0 aromatic heterocycles. The van der Waals surface area contributed by atoms with E-state index in [0.29, 0.717) is 6.04 Å². The molecule has 0 heterocycles. The summed E-state index contributed by atoms with van der Waals surface area (Å²) in [5.41, 5.74) is 3.76. The molecule has 0 aliphatic heterocycles. The van der Waals surface area contributed by atoms with Gasteiger partial charge in [-0.15, -0.1) is 0 Å². The minimum absolute atomic E-state index is 0.151. The molecule has 0 bridgehead atoms. The second kappa shape index (κ2) is 6.20. The lowest BCUT2D eigenvalue weighted by atomic mass is 10.0. The van der Waals surface area contributed by atoms with Crippen molar-refractivity contribution >= 4 is 5.97 Å². The third-order valence-electron chi connectivity index (χ3n) is 4.05. The number of aliphatic carboxylic acids is 1. The van der Waals surface area contributed by atoms with E-state index in [0.717, 1.165) is 19.4 Å². The second-order valence-electron chi connectivity index (χ2n) is 5.67. The predicted molar refractivity (Wildman–Crippen MR) is 76.2 cm³/mol. The van der Waals surface area contributed by atoms with Crippen LogP contribution in [0.4, 0.5) is 0 Å². The van der Waals surface area contributed by atoms with Gasteiger partial charge >= 0.3 is 5.97 Å². The number of rotatable bonds is 5. The summed E-state index contributed by atoms with van der Waals surface area (Å²) in [5, 5.41) is 9.09. The average Bonchev–Trinajstić information content (AvgIpc) is 2.84. The van der Waals surface area contributed by atoms with Crippen LogP contribution in [-0.4, -0.2) is 28.6 Å². The van der Waals surface area contributed by atoms with Crippen molar-refractivity contribution in [3.8, 4) is 0 Å². The Morgan fingerprint density at radius 2 is 2.00 bits per heavy atom. The van der Waals surface area contributed by atoms with Crippen LogP contribution in [0.25, 0.3) is 0 Å². The van der Waals surface area contributed by atoms with Crippen molar-refractivity contribution in [1.82, 2.24) is 4.90 Å². The zero-order chi connectivity index (χ0) is 13.8. The van der Waals surface area contributed by atoms with Crippen LogP contribution >= 0.6 is 0 Å². The molecule has 1 saturated carbocycles. The maximum atomic E-state index is 11.1. The number of nitrogens with zero attached hydrogens (tertiary/aromatic N) is 1. The van der Waals surface area contributed by atoms with Crippen molar-refractivity contribution in [3.05, 3.63) is 34.9 Å². The molecule has 0 unspecified atom stereocenters. The van der Waals surface area contributed by atoms with Gasteiger partial charge in [-0.2, -0.15) is 0 Å². The van der Waals surface area contributed by atoms with Gasteiger partial charge < -0.3 is 5.11 Å². The van der Waals surface area contributed by atoms with Crippen LogP contribution in [0.1, 0.15) is 42.4 Å². The number of hydrogen-bond donors (Lipinski definition) is 1. The number of aryl methyl sites for hydroxylation is 2. The molecule has 1 aromatic carbocycles. The zero-order valence-electron chi connectivity index (χ0n) is 11.9. The predicted octanol–water partition coefficient (Wildman–Crippen LogP) is 3.13. The molecule has 0 saturated heterocycles. The van der Waals surface area contributed by atoms with Crippen LogP contribution in [0.5, 0.6) is 0 Å². The minimum atomic E-state index is -0.725. The van der Waals surface area contributed by atoms with Gasteiger partial charge in [0, 0.05) is 12.6 Å². The standard InChI is InChI=1S/C16H23NO2/c1-12-7-8-14(13(2)9-12)10-17(11-16(18)19)15-5-3-4-6-15/h7-9,15H,3-6,10-11H2,1-2H3,(H,18,19). The molecule has 3 heteroatoms. The molecule has 19 heavy (non-hydrogen) atoms. The summed E-state index contributed by atoms with van der Waals surface area (Å²) < 4.78 is 0. The lowest BCUT2D eigenvalue weighted by Crippen LogP contribution is -2.37. The Hall–Kier alpha value is -1.35. The van der Waals surface area contributed by atoms with Crippen LogP contribution in [0.15, 0.2) is 18.2 Å². The molecule has 1 fully saturated rings. The minimum Gasteiger partial charge on any atom is -0.480 e. The fourth-order valence-corrected chi connectivity index (χ4v) is 3.00. The molecule has 1 aliphatic rings. The molecule has 0 radical (unpaired) electrons. The molecule has 1 aliphatic carbocycles. The fraction of sp³-hybridized carbons (Fsp3) is 0.562. The Bertz CT molecular complexity index is 450. The van der Waals surface area contributed by atoms with Gasteiger partial charge in [-0.1, -0.05) is 36.6 Å². The number of carboxylic acids is 1. The highest BCUT2D eigenvalue weighted by molar-refractivity contribution is 5.69. The van der Waals surface area contributed by atoms with E-state index >= 15 is 0 Å². The van der Waals surface area contributed by atoms with Gasteiger partial charge in [-0.25, -0.2) is 0 Å². The van der Waals surface area contributed by atoms with E-state index in [1.165, 1.54) is 29.5 Å². The third-order valence-corrected chi connectivity index (χ3v) is 4.05. The van der Waals surface area contributed by atoms with Gasteiger partial charge in [0.1, 0.15) is 0 Å². The smallest absolute Gasteiger partial charge is 0.317 e. The van der Waals surface area contributed by atoms with Crippen molar-refractivity contribution in [2.75, 3.05) is 6.54 Å². The monoisotopic (exact) mass is 261 g/mol. The van der Waals surface area contributed by atoms with Gasteiger partial charge in [0.25, 0.3) is 0 Å².